The Labute approximate surface area is 146 Å². The molecule has 6 nitrogen and oxygen atoms in total. The van der Waals surface area contributed by atoms with Gasteiger partial charge in [-0.3, -0.25) is 0 Å². The maximum Gasteiger partial charge on any atom is 0.189 e. The third-order valence-corrected chi connectivity index (χ3v) is 4.55. The van der Waals surface area contributed by atoms with Crippen molar-refractivity contribution in [1.82, 2.24) is 14.9 Å². The van der Waals surface area contributed by atoms with Crippen molar-refractivity contribution in [3.05, 3.63) is 59.9 Å². The number of nitrogens with one attached hydrogen (secondary N) is 1. The monoisotopic (exact) mass is 335 g/mol. The lowest BCUT2D eigenvalue weighted by Gasteiger charge is -2.26. The summed E-state index contributed by atoms with van der Waals surface area (Å²) in [6, 6.07) is 16.2. The molecule has 0 fully saturated rings. The molecule has 6 heteroatoms. The van der Waals surface area contributed by atoms with Gasteiger partial charge in [-0.25, -0.2) is 9.98 Å². The number of hydrogen-bond donors (Lipinski definition) is 2. The fourth-order valence-corrected chi connectivity index (χ4v) is 3.21. The molecule has 2 heterocycles. The van der Waals surface area contributed by atoms with Gasteiger partial charge in [0.15, 0.2) is 5.96 Å². The first-order valence-corrected chi connectivity index (χ1v) is 8.41. The van der Waals surface area contributed by atoms with E-state index in [0.29, 0.717) is 19.1 Å². The summed E-state index contributed by atoms with van der Waals surface area (Å²) in [5, 5.41) is 3.31. The van der Waals surface area contributed by atoms with E-state index in [1.54, 1.807) is 0 Å². The Balaban J connectivity index is 1.50. The van der Waals surface area contributed by atoms with Crippen LogP contribution in [0.15, 0.2) is 53.5 Å². The fourth-order valence-electron chi connectivity index (χ4n) is 3.21. The molecule has 0 aliphatic carbocycles. The third-order valence-electron chi connectivity index (χ3n) is 4.55. The van der Waals surface area contributed by atoms with Gasteiger partial charge in [0, 0.05) is 19.0 Å². The highest BCUT2D eigenvalue weighted by atomic mass is 16.5. The zero-order valence-corrected chi connectivity index (χ0v) is 14.1. The van der Waals surface area contributed by atoms with Crippen LogP contribution in [0.4, 0.5) is 0 Å². The Morgan fingerprint density at radius 2 is 2.08 bits per heavy atom. The number of aryl methyl sites for hydroxylation is 1. The summed E-state index contributed by atoms with van der Waals surface area (Å²) >= 11 is 0. The molecule has 1 aliphatic rings. The van der Waals surface area contributed by atoms with Gasteiger partial charge in [-0.15, -0.1) is 0 Å². The molecule has 1 aromatic heterocycles. The minimum absolute atomic E-state index is 0.120. The van der Waals surface area contributed by atoms with E-state index >= 15 is 0 Å². The molecule has 1 unspecified atom stereocenters. The molecule has 25 heavy (non-hydrogen) atoms. The van der Waals surface area contributed by atoms with Crippen LogP contribution in [0.1, 0.15) is 23.9 Å². The van der Waals surface area contributed by atoms with Crippen molar-refractivity contribution in [3.8, 4) is 5.75 Å². The van der Waals surface area contributed by atoms with Crippen LogP contribution in [0.2, 0.25) is 0 Å². The number of aliphatic imine (C=N–C) groups is 1. The summed E-state index contributed by atoms with van der Waals surface area (Å²) in [6.07, 6.45) is 0.861. The van der Waals surface area contributed by atoms with Crippen LogP contribution in [-0.4, -0.2) is 22.1 Å². The van der Waals surface area contributed by atoms with Gasteiger partial charge in [0.05, 0.1) is 23.7 Å². The van der Waals surface area contributed by atoms with Crippen LogP contribution < -0.4 is 15.8 Å². The number of nitrogens with zero attached hydrogens (tertiary/aromatic N) is 3. The summed E-state index contributed by atoms with van der Waals surface area (Å²) in [5.41, 5.74) is 9.30. The molecule has 128 valence electrons. The van der Waals surface area contributed by atoms with Crippen LogP contribution in [0.3, 0.4) is 0 Å². The second-order valence-electron chi connectivity index (χ2n) is 6.15. The summed E-state index contributed by atoms with van der Waals surface area (Å²) in [7, 11) is 2.00. The second kappa shape index (κ2) is 6.47. The maximum absolute atomic E-state index is 6.11. The highest BCUT2D eigenvalue weighted by molar-refractivity contribution is 5.79. The number of guanidine groups is 1. The van der Waals surface area contributed by atoms with Crippen molar-refractivity contribution in [3.63, 3.8) is 0 Å². The number of benzene rings is 2. The minimum Gasteiger partial charge on any atom is -0.493 e. The van der Waals surface area contributed by atoms with Gasteiger partial charge < -0.3 is 20.4 Å². The van der Waals surface area contributed by atoms with Crippen molar-refractivity contribution in [2.75, 3.05) is 6.61 Å². The van der Waals surface area contributed by atoms with E-state index in [1.807, 2.05) is 43.4 Å². The molecule has 0 radical (unpaired) electrons. The molecule has 1 atom stereocenters. The molecule has 3 aromatic rings. The Morgan fingerprint density at radius 3 is 2.96 bits per heavy atom. The number of hydrogen-bond acceptors (Lipinski definition) is 3. The lowest BCUT2D eigenvalue weighted by atomic mass is 10.0. The quantitative estimate of drug-likeness (QED) is 0.569. The number of ether oxygens (including phenoxy) is 1. The van der Waals surface area contributed by atoms with E-state index in [0.717, 1.165) is 34.6 Å². The largest absolute Gasteiger partial charge is 0.493 e. The molecule has 4 rings (SSSR count). The van der Waals surface area contributed by atoms with Crippen molar-refractivity contribution in [1.29, 1.82) is 0 Å². The number of imidazole rings is 1. The molecule has 0 bridgehead atoms. The van der Waals surface area contributed by atoms with Crippen molar-refractivity contribution < 1.29 is 4.74 Å². The van der Waals surface area contributed by atoms with Crippen molar-refractivity contribution >= 4 is 17.0 Å². The molecule has 0 saturated carbocycles. The Kier molecular flexibility index (Phi) is 4.01. The highest BCUT2D eigenvalue weighted by Crippen LogP contribution is 2.31. The highest BCUT2D eigenvalue weighted by Gasteiger charge is 2.21. The van der Waals surface area contributed by atoms with Crippen molar-refractivity contribution in [2.24, 2.45) is 17.8 Å². The van der Waals surface area contributed by atoms with Gasteiger partial charge in [-0.2, -0.15) is 0 Å². The first kappa shape index (κ1) is 15.5. The molecule has 1 aliphatic heterocycles. The van der Waals surface area contributed by atoms with E-state index in [4.69, 9.17) is 10.5 Å². The van der Waals surface area contributed by atoms with Crippen LogP contribution in [0.5, 0.6) is 5.75 Å². The first-order chi connectivity index (χ1) is 12.2. The summed E-state index contributed by atoms with van der Waals surface area (Å²) < 4.78 is 7.73. The third kappa shape index (κ3) is 3.03. The average Bonchev–Trinajstić information content (AvgIpc) is 2.97. The first-order valence-electron chi connectivity index (χ1n) is 8.41. The SMILES string of the molecule is Cn1c(CN=C(N)NC2CCOc3ccccc32)nc2ccccc21. The molecular weight excluding hydrogens is 314 g/mol. The fraction of sp³-hybridized carbons (Fsp3) is 0.263. The Hall–Kier alpha value is -3.02. The lowest BCUT2D eigenvalue weighted by Crippen LogP contribution is -2.37. The summed E-state index contributed by atoms with van der Waals surface area (Å²) in [4.78, 5) is 9.10. The summed E-state index contributed by atoms with van der Waals surface area (Å²) in [6.45, 7) is 1.11. The van der Waals surface area contributed by atoms with Crippen LogP contribution in [-0.2, 0) is 13.6 Å². The van der Waals surface area contributed by atoms with E-state index in [9.17, 15) is 0 Å². The summed E-state index contributed by atoms with van der Waals surface area (Å²) in [5.74, 6) is 2.22. The standard InChI is InChI=1S/C19H21N5O/c1-24-16-8-4-3-7-15(16)22-18(24)12-21-19(20)23-14-10-11-25-17-9-5-2-6-13(14)17/h2-9,14H,10-12H2,1H3,(H3,20,21,23). The van der Waals surface area contributed by atoms with Crippen LogP contribution >= 0.6 is 0 Å². The lowest BCUT2D eigenvalue weighted by molar-refractivity contribution is 0.262. The van der Waals surface area contributed by atoms with E-state index in [2.05, 4.69) is 32.0 Å². The number of nitrogens with two attached hydrogens (primary N) is 1. The van der Waals surface area contributed by atoms with Gasteiger partial charge in [-0.05, 0) is 18.2 Å². The average molecular weight is 335 g/mol. The van der Waals surface area contributed by atoms with Crippen molar-refractivity contribution in [2.45, 2.75) is 19.0 Å². The molecular formula is C19H21N5O. The van der Waals surface area contributed by atoms with E-state index < -0.39 is 0 Å². The smallest absolute Gasteiger partial charge is 0.189 e. The Morgan fingerprint density at radius 1 is 1.28 bits per heavy atom. The zero-order chi connectivity index (χ0) is 17.2. The molecule has 0 saturated heterocycles. The topological polar surface area (TPSA) is 77.5 Å². The number of aromatic nitrogens is 2. The number of para-hydroxylation sites is 3. The van der Waals surface area contributed by atoms with Crippen LogP contribution in [0, 0.1) is 0 Å². The number of fused-ring (bicyclic) bond motifs is 2. The normalized spacial score (nSPS) is 17.2. The maximum atomic E-state index is 6.11. The molecule has 0 spiro atoms. The zero-order valence-electron chi connectivity index (χ0n) is 14.1. The minimum atomic E-state index is 0.120. The molecule has 3 N–H and O–H groups in total. The van der Waals surface area contributed by atoms with Gasteiger partial charge in [-0.1, -0.05) is 30.3 Å². The second-order valence-corrected chi connectivity index (χ2v) is 6.15. The Bertz CT molecular complexity index is 930. The van der Waals surface area contributed by atoms with E-state index in [1.165, 1.54) is 0 Å². The van der Waals surface area contributed by atoms with E-state index in [-0.39, 0.29) is 6.04 Å². The van der Waals surface area contributed by atoms with Crippen LogP contribution in [0.25, 0.3) is 11.0 Å². The predicted octanol–water partition coefficient (Wildman–Crippen LogP) is 2.50. The molecule has 2 aromatic carbocycles. The number of rotatable bonds is 3. The van der Waals surface area contributed by atoms with Gasteiger partial charge in [0.1, 0.15) is 18.1 Å². The van der Waals surface area contributed by atoms with Gasteiger partial charge in [0.25, 0.3) is 0 Å². The van der Waals surface area contributed by atoms with Gasteiger partial charge in [0.2, 0.25) is 0 Å². The van der Waals surface area contributed by atoms with Gasteiger partial charge >= 0.3 is 0 Å². The molecule has 0 amide bonds. The predicted molar refractivity (Wildman–Crippen MR) is 98.5 cm³/mol.